The average Bonchev–Trinajstić information content (AvgIpc) is 2.35. The van der Waals surface area contributed by atoms with Crippen molar-refractivity contribution in [2.45, 2.75) is 64.7 Å². The molecule has 0 aromatic heterocycles. The zero-order valence-corrected chi connectivity index (χ0v) is 11.7. The number of carboxylic acid groups (broad SMARTS) is 1. The lowest BCUT2D eigenvalue weighted by Crippen LogP contribution is -2.12. The largest absolute Gasteiger partial charge is 0.481 e. The molecular weight excluding hydrogens is 250 g/mol. The lowest BCUT2D eigenvalue weighted by molar-refractivity contribution is -0.757. The first kappa shape index (κ1) is 17.7. The second-order valence-electron chi connectivity index (χ2n) is 4.76. The van der Waals surface area contributed by atoms with Gasteiger partial charge in [0.05, 0.1) is 12.5 Å². The van der Waals surface area contributed by atoms with Gasteiger partial charge in [-0.25, -0.2) is 0 Å². The van der Waals surface area contributed by atoms with Crippen LogP contribution in [0.1, 0.15) is 64.7 Å². The summed E-state index contributed by atoms with van der Waals surface area (Å²) in [5.74, 6) is -0.882. The van der Waals surface area contributed by atoms with E-state index < -0.39 is 11.1 Å². The van der Waals surface area contributed by atoms with Gasteiger partial charge in [-0.05, 0) is 19.3 Å². The SMILES string of the molecule is CCC(CCCCCCCCCO[N+](=O)[O-])C(=O)O. The number of nitrogens with zero attached hydrogens (tertiary/aromatic N) is 1. The summed E-state index contributed by atoms with van der Waals surface area (Å²) in [6.07, 6.45) is 8.42. The summed E-state index contributed by atoms with van der Waals surface area (Å²) in [5.41, 5.74) is 0. The monoisotopic (exact) mass is 275 g/mol. The van der Waals surface area contributed by atoms with Crippen LogP contribution in [-0.4, -0.2) is 22.8 Å². The maximum Gasteiger partial charge on any atom is 0.306 e. The molecule has 0 fully saturated rings. The molecule has 1 unspecified atom stereocenters. The lowest BCUT2D eigenvalue weighted by Gasteiger charge is -2.08. The Balaban J connectivity index is 3.23. The van der Waals surface area contributed by atoms with Crippen LogP contribution in [0.25, 0.3) is 0 Å². The van der Waals surface area contributed by atoms with Crippen LogP contribution in [0.5, 0.6) is 0 Å². The Hall–Kier alpha value is -1.33. The summed E-state index contributed by atoms with van der Waals surface area (Å²) in [4.78, 5) is 24.9. The van der Waals surface area contributed by atoms with E-state index in [1.54, 1.807) is 0 Å². The van der Waals surface area contributed by atoms with Crippen molar-refractivity contribution in [3.63, 3.8) is 0 Å². The molecule has 0 aliphatic rings. The molecule has 0 rings (SSSR count). The van der Waals surface area contributed by atoms with Gasteiger partial charge in [-0.15, -0.1) is 10.1 Å². The molecule has 0 radical (unpaired) electrons. The van der Waals surface area contributed by atoms with E-state index in [2.05, 4.69) is 4.84 Å². The molecule has 112 valence electrons. The van der Waals surface area contributed by atoms with Crippen LogP contribution >= 0.6 is 0 Å². The fourth-order valence-electron chi connectivity index (χ4n) is 2.02. The normalized spacial score (nSPS) is 12.1. The van der Waals surface area contributed by atoms with E-state index in [-0.39, 0.29) is 12.5 Å². The van der Waals surface area contributed by atoms with Crippen molar-refractivity contribution < 1.29 is 19.8 Å². The van der Waals surface area contributed by atoms with Crippen LogP contribution in [0.4, 0.5) is 0 Å². The Bertz CT molecular complexity index is 257. The Morgan fingerprint density at radius 2 is 1.68 bits per heavy atom. The molecule has 0 saturated heterocycles. The molecule has 0 aromatic rings. The van der Waals surface area contributed by atoms with Gasteiger partial charge in [0, 0.05) is 0 Å². The summed E-state index contributed by atoms with van der Waals surface area (Å²) in [6.45, 7) is 2.09. The minimum Gasteiger partial charge on any atom is -0.481 e. The van der Waals surface area contributed by atoms with E-state index in [1.165, 1.54) is 0 Å². The summed E-state index contributed by atoms with van der Waals surface area (Å²) < 4.78 is 0. The average molecular weight is 275 g/mol. The standard InChI is InChI=1S/C13H25NO5/c1-2-12(13(15)16)10-8-6-4-3-5-7-9-11-19-14(17)18/h12H,2-11H2,1H3,(H,15,16). The molecule has 0 saturated carbocycles. The molecule has 0 spiro atoms. The highest BCUT2D eigenvalue weighted by molar-refractivity contribution is 5.69. The first-order chi connectivity index (χ1) is 9.07. The fourth-order valence-corrected chi connectivity index (χ4v) is 2.02. The minimum absolute atomic E-state index is 0.184. The second kappa shape index (κ2) is 11.7. The van der Waals surface area contributed by atoms with Gasteiger partial charge >= 0.3 is 5.97 Å². The van der Waals surface area contributed by atoms with Crippen molar-refractivity contribution in [1.82, 2.24) is 0 Å². The number of rotatable bonds is 13. The molecule has 0 amide bonds. The Morgan fingerprint density at radius 3 is 2.16 bits per heavy atom. The maximum atomic E-state index is 10.8. The van der Waals surface area contributed by atoms with Gasteiger partial charge in [-0.2, -0.15) is 0 Å². The van der Waals surface area contributed by atoms with Crippen LogP contribution in [0, 0.1) is 16.0 Å². The van der Waals surface area contributed by atoms with Gasteiger partial charge < -0.3 is 9.94 Å². The van der Waals surface area contributed by atoms with Crippen molar-refractivity contribution in [3.8, 4) is 0 Å². The quantitative estimate of drug-likeness (QED) is 0.316. The lowest BCUT2D eigenvalue weighted by atomic mass is 9.98. The van der Waals surface area contributed by atoms with E-state index in [9.17, 15) is 14.9 Å². The van der Waals surface area contributed by atoms with Crippen LogP contribution in [0.15, 0.2) is 0 Å². The number of hydrogen-bond acceptors (Lipinski definition) is 4. The number of hydrogen-bond donors (Lipinski definition) is 1. The summed E-state index contributed by atoms with van der Waals surface area (Å²) >= 11 is 0. The van der Waals surface area contributed by atoms with Crippen molar-refractivity contribution >= 4 is 5.97 Å². The topological polar surface area (TPSA) is 89.7 Å². The highest BCUT2D eigenvalue weighted by Gasteiger charge is 2.13. The maximum absolute atomic E-state index is 10.8. The summed E-state index contributed by atoms with van der Waals surface area (Å²) in [6, 6.07) is 0. The van der Waals surface area contributed by atoms with Gasteiger partial charge in [-0.3, -0.25) is 4.79 Å². The van der Waals surface area contributed by atoms with E-state index in [0.717, 1.165) is 51.4 Å². The predicted octanol–water partition coefficient (Wildman–Crippen LogP) is 3.43. The van der Waals surface area contributed by atoms with Crippen LogP contribution < -0.4 is 0 Å². The minimum atomic E-state index is -0.757. The third kappa shape index (κ3) is 11.5. The molecule has 1 atom stereocenters. The van der Waals surface area contributed by atoms with Crippen molar-refractivity contribution in [2.24, 2.45) is 5.92 Å². The molecule has 6 heteroatoms. The molecule has 0 aromatic carbocycles. The highest BCUT2D eigenvalue weighted by Crippen LogP contribution is 2.15. The number of carbonyl (C=O) groups is 1. The molecular formula is C13H25NO5. The van der Waals surface area contributed by atoms with Crippen molar-refractivity contribution in [1.29, 1.82) is 0 Å². The van der Waals surface area contributed by atoms with Gasteiger partial charge in [0.15, 0.2) is 0 Å². The molecule has 0 aliphatic heterocycles. The first-order valence-electron chi connectivity index (χ1n) is 7.08. The zero-order chi connectivity index (χ0) is 14.5. The number of aliphatic carboxylic acids is 1. The molecule has 6 nitrogen and oxygen atoms in total. The van der Waals surface area contributed by atoms with Crippen LogP contribution in [-0.2, 0) is 9.63 Å². The van der Waals surface area contributed by atoms with Crippen molar-refractivity contribution in [2.75, 3.05) is 6.61 Å². The Labute approximate surface area is 114 Å². The molecule has 0 heterocycles. The van der Waals surface area contributed by atoms with Crippen LogP contribution in [0.2, 0.25) is 0 Å². The van der Waals surface area contributed by atoms with E-state index in [1.807, 2.05) is 6.92 Å². The van der Waals surface area contributed by atoms with Gasteiger partial charge in [0.1, 0.15) is 0 Å². The Morgan fingerprint density at radius 1 is 1.16 bits per heavy atom. The highest BCUT2D eigenvalue weighted by atomic mass is 16.9. The smallest absolute Gasteiger partial charge is 0.306 e. The predicted molar refractivity (Wildman–Crippen MR) is 71.3 cm³/mol. The van der Waals surface area contributed by atoms with E-state index in [0.29, 0.717) is 6.42 Å². The van der Waals surface area contributed by atoms with E-state index >= 15 is 0 Å². The second-order valence-corrected chi connectivity index (χ2v) is 4.76. The summed E-state index contributed by atoms with van der Waals surface area (Å²) in [7, 11) is 0. The number of carboxylic acids is 1. The van der Waals surface area contributed by atoms with Gasteiger partial charge in [0.25, 0.3) is 5.09 Å². The third-order valence-electron chi connectivity index (χ3n) is 3.24. The van der Waals surface area contributed by atoms with Crippen molar-refractivity contribution in [3.05, 3.63) is 10.1 Å². The molecule has 0 bridgehead atoms. The molecule has 0 aliphatic carbocycles. The third-order valence-corrected chi connectivity index (χ3v) is 3.24. The van der Waals surface area contributed by atoms with Crippen LogP contribution in [0.3, 0.4) is 0 Å². The van der Waals surface area contributed by atoms with Gasteiger partial charge in [-0.1, -0.05) is 45.4 Å². The fraction of sp³-hybridized carbons (Fsp3) is 0.923. The van der Waals surface area contributed by atoms with E-state index in [4.69, 9.17) is 5.11 Å². The van der Waals surface area contributed by atoms with Gasteiger partial charge in [0.2, 0.25) is 0 Å². The zero-order valence-electron chi connectivity index (χ0n) is 11.7. The Kier molecular flexibility index (Phi) is 10.9. The molecule has 1 N–H and O–H groups in total. The molecule has 19 heavy (non-hydrogen) atoms. The summed E-state index contributed by atoms with van der Waals surface area (Å²) in [5, 5.41) is 18.0. The number of unbranched alkanes of at least 4 members (excludes halogenated alkanes) is 6. The first-order valence-corrected chi connectivity index (χ1v) is 7.08.